The van der Waals surface area contributed by atoms with Gasteiger partial charge in [-0.3, -0.25) is 0 Å². The van der Waals surface area contributed by atoms with E-state index in [2.05, 4.69) is 48.8 Å². The molecule has 0 aliphatic heterocycles. The maximum absolute atomic E-state index is 5.58. The van der Waals surface area contributed by atoms with Crippen LogP contribution < -0.4 is 10.1 Å². The van der Waals surface area contributed by atoms with Gasteiger partial charge in [-0.05, 0) is 45.3 Å². The summed E-state index contributed by atoms with van der Waals surface area (Å²) in [7, 11) is 0. The van der Waals surface area contributed by atoms with Crippen molar-refractivity contribution in [2.24, 2.45) is 0 Å². The molecule has 1 aromatic heterocycles. The molecule has 7 heteroatoms. The van der Waals surface area contributed by atoms with Crippen molar-refractivity contribution in [2.75, 3.05) is 11.9 Å². The molecule has 1 aromatic carbocycles. The lowest BCUT2D eigenvalue weighted by Crippen LogP contribution is -2.02. The van der Waals surface area contributed by atoms with Crippen LogP contribution in [0.3, 0.4) is 0 Å². The summed E-state index contributed by atoms with van der Waals surface area (Å²) < 4.78 is 6.53. The number of ether oxygens (including phenoxy) is 1. The van der Waals surface area contributed by atoms with Gasteiger partial charge in [-0.1, -0.05) is 18.1 Å². The fourth-order valence-corrected chi connectivity index (χ4v) is 1.94. The van der Waals surface area contributed by atoms with Crippen LogP contribution in [-0.2, 0) is 6.54 Å². The van der Waals surface area contributed by atoms with E-state index in [4.69, 9.17) is 4.74 Å². The Morgan fingerprint density at radius 3 is 3.00 bits per heavy atom. The molecule has 0 atom stereocenters. The molecular formula is C11H14BrN5O. The molecule has 0 aliphatic carbocycles. The first-order valence-corrected chi connectivity index (χ1v) is 6.47. The largest absolute Gasteiger partial charge is 0.492 e. The summed E-state index contributed by atoms with van der Waals surface area (Å²) in [4.78, 5) is 0. The molecule has 0 bridgehead atoms. The quantitative estimate of drug-likeness (QED) is 0.856. The number of benzene rings is 1. The molecular weight excluding hydrogens is 298 g/mol. The van der Waals surface area contributed by atoms with Crippen molar-refractivity contribution in [2.45, 2.75) is 19.9 Å². The van der Waals surface area contributed by atoms with E-state index in [1.54, 1.807) is 0 Å². The number of tetrazole rings is 1. The smallest absolute Gasteiger partial charge is 0.263 e. The van der Waals surface area contributed by atoms with Crippen LogP contribution in [0.25, 0.3) is 0 Å². The first-order chi connectivity index (χ1) is 8.79. The van der Waals surface area contributed by atoms with Gasteiger partial charge >= 0.3 is 0 Å². The van der Waals surface area contributed by atoms with Gasteiger partial charge in [0.15, 0.2) is 0 Å². The van der Waals surface area contributed by atoms with Crippen molar-refractivity contribution in [1.29, 1.82) is 0 Å². The number of H-pyrrole nitrogens is 1. The van der Waals surface area contributed by atoms with Gasteiger partial charge < -0.3 is 10.1 Å². The van der Waals surface area contributed by atoms with Gasteiger partial charge in [0.25, 0.3) is 5.95 Å². The summed E-state index contributed by atoms with van der Waals surface area (Å²) >= 11 is 3.49. The monoisotopic (exact) mass is 311 g/mol. The Morgan fingerprint density at radius 1 is 1.44 bits per heavy atom. The van der Waals surface area contributed by atoms with Gasteiger partial charge in [-0.25, -0.2) is 0 Å². The molecule has 0 aliphatic rings. The van der Waals surface area contributed by atoms with Crippen LogP contribution in [0.5, 0.6) is 5.75 Å². The van der Waals surface area contributed by atoms with Gasteiger partial charge in [-0.15, -0.1) is 5.10 Å². The Morgan fingerprint density at radius 2 is 2.33 bits per heavy atom. The molecule has 2 N–H and O–H groups in total. The number of hydrogen-bond acceptors (Lipinski definition) is 5. The maximum Gasteiger partial charge on any atom is 0.263 e. The molecule has 0 saturated carbocycles. The molecule has 1 heterocycles. The van der Waals surface area contributed by atoms with E-state index in [1.807, 2.05) is 18.2 Å². The third kappa shape index (κ3) is 3.43. The van der Waals surface area contributed by atoms with Crippen molar-refractivity contribution in [3.05, 3.63) is 28.2 Å². The highest BCUT2D eigenvalue weighted by molar-refractivity contribution is 9.10. The Balaban J connectivity index is 1.95. The normalized spacial score (nSPS) is 10.3. The molecule has 0 saturated heterocycles. The molecule has 0 unspecified atom stereocenters. The first-order valence-electron chi connectivity index (χ1n) is 5.68. The molecule has 2 aromatic rings. The number of aromatic nitrogens is 4. The lowest BCUT2D eigenvalue weighted by Gasteiger charge is -2.09. The lowest BCUT2D eigenvalue weighted by atomic mass is 10.2. The number of rotatable bonds is 6. The van der Waals surface area contributed by atoms with E-state index in [0.29, 0.717) is 12.5 Å². The summed E-state index contributed by atoms with van der Waals surface area (Å²) in [5, 5.41) is 16.5. The minimum Gasteiger partial charge on any atom is -0.492 e. The standard InChI is InChI=1S/C11H14BrN5O/c1-2-5-18-10-4-3-8(6-9(10)12)7-13-11-14-16-17-15-11/h3-4,6H,2,5,7H2,1H3,(H2,13,14,15,16,17). The van der Waals surface area contributed by atoms with Crippen LogP contribution >= 0.6 is 15.9 Å². The van der Waals surface area contributed by atoms with Gasteiger partial charge in [0.2, 0.25) is 0 Å². The minimum absolute atomic E-state index is 0.484. The third-order valence-electron chi connectivity index (χ3n) is 2.25. The van der Waals surface area contributed by atoms with Crippen molar-refractivity contribution in [3.63, 3.8) is 0 Å². The van der Waals surface area contributed by atoms with Crippen LogP contribution in [0.4, 0.5) is 5.95 Å². The summed E-state index contributed by atoms with van der Waals surface area (Å²) in [6.45, 7) is 3.43. The number of nitrogens with one attached hydrogen (secondary N) is 2. The Kier molecular flexibility index (Phi) is 4.52. The van der Waals surface area contributed by atoms with Crippen molar-refractivity contribution in [1.82, 2.24) is 20.6 Å². The first kappa shape index (κ1) is 12.8. The topological polar surface area (TPSA) is 75.7 Å². The van der Waals surface area contributed by atoms with Gasteiger partial charge in [-0.2, -0.15) is 5.21 Å². The number of halogens is 1. The molecule has 0 fully saturated rings. The molecule has 0 spiro atoms. The summed E-state index contributed by atoms with van der Waals surface area (Å²) in [6, 6.07) is 5.97. The highest BCUT2D eigenvalue weighted by Crippen LogP contribution is 2.26. The molecule has 0 amide bonds. The predicted octanol–water partition coefficient (Wildman–Crippen LogP) is 2.36. The van der Waals surface area contributed by atoms with E-state index in [0.717, 1.165) is 28.8 Å². The second-order valence-corrected chi connectivity index (χ2v) is 4.56. The van der Waals surface area contributed by atoms with Gasteiger partial charge in [0.1, 0.15) is 5.75 Å². The number of aromatic amines is 1. The maximum atomic E-state index is 5.58. The second kappa shape index (κ2) is 6.34. The lowest BCUT2D eigenvalue weighted by molar-refractivity contribution is 0.315. The predicted molar refractivity (Wildman–Crippen MR) is 71.4 cm³/mol. The average molecular weight is 312 g/mol. The second-order valence-electron chi connectivity index (χ2n) is 3.70. The molecule has 2 rings (SSSR count). The van der Waals surface area contributed by atoms with Crippen molar-refractivity contribution < 1.29 is 4.74 Å². The van der Waals surface area contributed by atoms with Crippen molar-refractivity contribution >= 4 is 21.9 Å². The SMILES string of the molecule is CCCOc1ccc(CNc2nn[nH]n2)cc1Br. The minimum atomic E-state index is 0.484. The highest BCUT2D eigenvalue weighted by Gasteiger charge is 2.03. The molecule has 96 valence electrons. The zero-order valence-corrected chi connectivity index (χ0v) is 11.6. The van der Waals surface area contributed by atoms with Crippen LogP contribution in [0.2, 0.25) is 0 Å². The van der Waals surface area contributed by atoms with Crippen LogP contribution in [-0.4, -0.2) is 27.2 Å². The van der Waals surface area contributed by atoms with Crippen LogP contribution in [0.15, 0.2) is 22.7 Å². The van der Waals surface area contributed by atoms with Crippen LogP contribution in [0.1, 0.15) is 18.9 Å². The highest BCUT2D eigenvalue weighted by atomic mass is 79.9. The zero-order valence-electron chi connectivity index (χ0n) is 9.98. The summed E-state index contributed by atoms with van der Waals surface area (Å²) in [6.07, 6.45) is 0.994. The van der Waals surface area contributed by atoms with E-state index < -0.39 is 0 Å². The van der Waals surface area contributed by atoms with Crippen LogP contribution in [0, 0.1) is 0 Å². The number of nitrogens with zero attached hydrogens (tertiary/aromatic N) is 3. The zero-order chi connectivity index (χ0) is 12.8. The number of hydrogen-bond donors (Lipinski definition) is 2. The molecule has 18 heavy (non-hydrogen) atoms. The number of anilines is 1. The van der Waals surface area contributed by atoms with Gasteiger partial charge in [0, 0.05) is 6.54 Å². The third-order valence-corrected chi connectivity index (χ3v) is 2.87. The van der Waals surface area contributed by atoms with E-state index in [1.165, 1.54) is 0 Å². The Bertz CT molecular complexity index is 488. The fourth-order valence-electron chi connectivity index (χ4n) is 1.40. The summed E-state index contributed by atoms with van der Waals surface area (Å²) in [5.41, 5.74) is 1.11. The molecule has 6 nitrogen and oxygen atoms in total. The summed E-state index contributed by atoms with van der Waals surface area (Å²) in [5.74, 6) is 1.34. The van der Waals surface area contributed by atoms with E-state index in [9.17, 15) is 0 Å². The van der Waals surface area contributed by atoms with Gasteiger partial charge in [0.05, 0.1) is 11.1 Å². The Labute approximate surface area is 113 Å². The van der Waals surface area contributed by atoms with E-state index >= 15 is 0 Å². The molecule has 0 radical (unpaired) electrons. The average Bonchev–Trinajstić information content (AvgIpc) is 2.88. The van der Waals surface area contributed by atoms with Crippen molar-refractivity contribution in [3.8, 4) is 5.75 Å². The Hall–Kier alpha value is -1.63. The fraction of sp³-hybridized carbons (Fsp3) is 0.364. The van der Waals surface area contributed by atoms with E-state index in [-0.39, 0.29) is 0 Å².